The zero-order chi connectivity index (χ0) is 16.2. The van der Waals surface area contributed by atoms with Crippen molar-refractivity contribution < 1.29 is 4.79 Å². The number of carbonyl (C=O) groups excluding carboxylic acids is 1. The van der Waals surface area contributed by atoms with E-state index in [0.29, 0.717) is 19.1 Å². The molecule has 2 N–H and O–H groups in total. The van der Waals surface area contributed by atoms with Crippen LogP contribution in [0.4, 0.5) is 0 Å². The van der Waals surface area contributed by atoms with E-state index in [2.05, 4.69) is 14.9 Å². The van der Waals surface area contributed by atoms with E-state index in [1.165, 1.54) is 31.9 Å². The Morgan fingerprint density at radius 1 is 1.00 bits per heavy atom. The zero-order valence-electron chi connectivity index (χ0n) is 13.3. The standard InChI is InChI=1S/C16H24N4O3/c21-14-13(11-17-16(23)18-14)15(22)20-9-5-12(6-10-20)19-7-3-1-2-4-8-19/h11-12H,1-10H2,(H2,17,18,21,23). The lowest BCUT2D eigenvalue weighted by Crippen LogP contribution is -2.48. The second-order valence-electron chi connectivity index (χ2n) is 6.46. The van der Waals surface area contributed by atoms with Gasteiger partial charge in [-0.05, 0) is 38.8 Å². The summed E-state index contributed by atoms with van der Waals surface area (Å²) in [6, 6.07) is 0.547. The van der Waals surface area contributed by atoms with Crippen molar-refractivity contribution in [3.05, 3.63) is 32.6 Å². The van der Waals surface area contributed by atoms with Crippen LogP contribution >= 0.6 is 0 Å². The topological polar surface area (TPSA) is 89.3 Å². The summed E-state index contributed by atoms with van der Waals surface area (Å²) >= 11 is 0. The number of amides is 1. The number of piperidine rings is 1. The van der Waals surface area contributed by atoms with E-state index in [1.54, 1.807) is 4.90 Å². The predicted molar refractivity (Wildman–Crippen MR) is 86.6 cm³/mol. The van der Waals surface area contributed by atoms with Gasteiger partial charge in [-0.25, -0.2) is 4.79 Å². The quantitative estimate of drug-likeness (QED) is 0.832. The molecular weight excluding hydrogens is 296 g/mol. The monoisotopic (exact) mass is 320 g/mol. The normalized spacial score (nSPS) is 21.1. The fourth-order valence-electron chi connectivity index (χ4n) is 3.63. The fourth-order valence-corrected chi connectivity index (χ4v) is 3.63. The van der Waals surface area contributed by atoms with Gasteiger partial charge in [-0.2, -0.15) is 0 Å². The van der Waals surface area contributed by atoms with Crippen molar-refractivity contribution in [1.29, 1.82) is 0 Å². The maximum Gasteiger partial charge on any atom is 0.325 e. The lowest BCUT2D eigenvalue weighted by atomic mass is 10.0. The van der Waals surface area contributed by atoms with Crippen molar-refractivity contribution in [3.8, 4) is 0 Å². The molecule has 126 valence electrons. The Kier molecular flexibility index (Phi) is 4.95. The number of likely N-dealkylation sites (tertiary alicyclic amines) is 2. The Morgan fingerprint density at radius 2 is 1.65 bits per heavy atom. The molecule has 0 aliphatic carbocycles. The summed E-state index contributed by atoms with van der Waals surface area (Å²) in [7, 11) is 0. The average Bonchev–Trinajstić information content (AvgIpc) is 2.84. The highest BCUT2D eigenvalue weighted by molar-refractivity contribution is 5.93. The molecular formula is C16H24N4O3. The molecule has 7 heteroatoms. The van der Waals surface area contributed by atoms with Crippen molar-refractivity contribution in [2.75, 3.05) is 26.2 Å². The molecule has 0 radical (unpaired) electrons. The number of H-pyrrole nitrogens is 2. The van der Waals surface area contributed by atoms with Gasteiger partial charge < -0.3 is 14.8 Å². The molecule has 1 aromatic heterocycles. The van der Waals surface area contributed by atoms with Gasteiger partial charge in [0.15, 0.2) is 0 Å². The van der Waals surface area contributed by atoms with E-state index in [-0.39, 0.29) is 11.5 Å². The summed E-state index contributed by atoms with van der Waals surface area (Å²) in [6.45, 7) is 3.66. The molecule has 2 aliphatic rings. The number of aromatic nitrogens is 2. The summed E-state index contributed by atoms with van der Waals surface area (Å²) in [5, 5.41) is 0. The lowest BCUT2D eigenvalue weighted by molar-refractivity contribution is 0.0621. The van der Waals surface area contributed by atoms with E-state index >= 15 is 0 Å². The summed E-state index contributed by atoms with van der Waals surface area (Å²) in [6.07, 6.45) is 8.30. The van der Waals surface area contributed by atoms with Crippen LogP contribution in [0.5, 0.6) is 0 Å². The molecule has 0 atom stereocenters. The molecule has 0 aromatic carbocycles. The van der Waals surface area contributed by atoms with Crippen LogP contribution in [0, 0.1) is 0 Å². The summed E-state index contributed by atoms with van der Waals surface area (Å²) in [5.74, 6) is -0.295. The van der Waals surface area contributed by atoms with E-state index in [9.17, 15) is 14.4 Å². The average molecular weight is 320 g/mol. The first-order valence-electron chi connectivity index (χ1n) is 8.50. The van der Waals surface area contributed by atoms with E-state index < -0.39 is 11.2 Å². The van der Waals surface area contributed by atoms with Gasteiger partial charge in [-0.1, -0.05) is 12.8 Å². The molecule has 3 heterocycles. The number of aromatic amines is 2. The largest absolute Gasteiger partial charge is 0.338 e. The molecule has 0 unspecified atom stereocenters. The third-order valence-electron chi connectivity index (χ3n) is 4.96. The molecule has 3 rings (SSSR count). The van der Waals surface area contributed by atoms with Gasteiger partial charge in [0.2, 0.25) is 0 Å². The molecule has 0 saturated carbocycles. The maximum atomic E-state index is 12.4. The van der Waals surface area contributed by atoms with Crippen LogP contribution in [0.25, 0.3) is 0 Å². The highest BCUT2D eigenvalue weighted by Crippen LogP contribution is 2.21. The Bertz CT molecular complexity index is 650. The van der Waals surface area contributed by atoms with E-state index in [0.717, 1.165) is 25.9 Å². The van der Waals surface area contributed by atoms with Crippen molar-refractivity contribution in [2.24, 2.45) is 0 Å². The van der Waals surface area contributed by atoms with Crippen molar-refractivity contribution in [3.63, 3.8) is 0 Å². The van der Waals surface area contributed by atoms with Gasteiger partial charge in [0.25, 0.3) is 11.5 Å². The minimum Gasteiger partial charge on any atom is -0.338 e. The highest BCUT2D eigenvalue weighted by atomic mass is 16.2. The molecule has 0 bridgehead atoms. The first kappa shape index (κ1) is 16.0. The van der Waals surface area contributed by atoms with E-state index in [1.807, 2.05) is 0 Å². The van der Waals surface area contributed by atoms with Gasteiger partial charge >= 0.3 is 5.69 Å². The first-order valence-corrected chi connectivity index (χ1v) is 8.50. The number of rotatable bonds is 2. The summed E-state index contributed by atoms with van der Waals surface area (Å²) in [4.78, 5) is 44.0. The molecule has 23 heavy (non-hydrogen) atoms. The van der Waals surface area contributed by atoms with Crippen LogP contribution < -0.4 is 11.2 Å². The third-order valence-corrected chi connectivity index (χ3v) is 4.96. The predicted octanol–water partition coefficient (Wildman–Crippen LogP) is 0.544. The Hall–Kier alpha value is -1.89. The molecule has 2 fully saturated rings. The van der Waals surface area contributed by atoms with Crippen LogP contribution in [0.3, 0.4) is 0 Å². The van der Waals surface area contributed by atoms with Crippen LogP contribution in [-0.4, -0.2) is 57.9 Å². The molecule has 2 aliphatic heterocycles. The molecule has 7 nitrogen and oxygen atoms in total. The van der Waals surface area contributed by atoms with Crippen LogP contribution in [0.15, 0.2) is 15.8 Å². The number of hydrogen-bond acceptors (Lipinski definition) is 4. The van der Waals surface area contributed by atoms with Gasteiger partial charge in [0.1, 0.15) is 5.56 Å². The molecule has 2 saturated heterocycles. The second-order valence-corrected chi connectivity index (χ2v) is 6.46. The molecule has 1 amide bonds. The van der Waals surface area contributed by atoms with E-state index in [4.69, 9.17) is 0 Å². The minimum atomic E-state index is -0.617. The zero-order valence-corrected chi connectivity index (χ0v) is 13.3. The van der Waals surface area contributed by atoms with Crippen LogP contribution in [0.2, 0.25) is 0 Å². The summed E-state index contributed by atoms with van der Waals surface area (Å²) in [5.41, 5.74) is -1.20. The second kappa shape index (κ2) is 7.12. The highest BCUT2D eigenvalue weighted by Gasteiger charge is 2.28. The third kappa shape index (κ3) is 3.72. The summed E-state index contributed by atoms with van der Waals surface area (Å²) < 4.78 is 0. The van der Waals surface area contributed by atoms with Crippen molar-refractivity contribution in [2.45, 2.75) is 44.6 Å². The van der Waals surface area contributed by atoms with Crippen LogP contribution in [-0.2, 0) is 0 Å². The van der Waals surface area contributed by atoms with Crippen molar-refractivity contribution >= 4 is 5.91 Å². The number of nitrogens with one attached hydrogen (secondary N) is 2. The Balaban J connectivity index is 1.60. The number of nitrogens with zero attached hydrogens (tertiary/aromatic N) is 2. The minimum absolute atomic E-state index is 0.0119. The van der Waals surface area contributed by atoms with Gasteiger partial charge in [0, 0.05) is 25.3 Å². The Labute approximate surface area is 134 Å². The van der Waals surface area contributed by atoms with Gasteiger partial charge in [0.05, 0.1) is 0 Å². The fraction of sp³-hybridized carbons (Fsp3) is 0.688. The van der Waals surface area contributed by atoms with Crippen LogP contribution in [0.1, 0.15) is 48.9 Å². The number of hydrogen-bond donors (Lipinski definition) is 2. The SMILES string of the molecule is O=C(c1c[nH]c(=O)[nH]c1=O)N1CCC(N2CCCCCC2)CC1. The first-order chi connectivity index (χ1) is 11.1. The Morgan fingerprint density at radius 3 is 2.26 bits per heavy atom. The number of carbonyl (C=O) groups is 1. The maximum absolute atomic E-state index is 12.4. The molecule has 1 aromatic rings. The van der Waals surface area contributed by atoms with Crippen molar-refractivity contribution in [1.82, 2.24) is 19.8 Å². The van der Waals surface area contributed by atoms with Gasteiger partial charge in [-0.15, -0.1) is 0 Å². The lowest BCUT2D eigenvalue weighted by Gasteiger charge is -2.38. The smallest absolute Gasteiger partial charge is 0.325 e. The van der Waals surface area contributed by atoms with Gasteiger partial charge in [-0.3, -0.25) is 14.6 Å². The molecule has 0 spiro atoms.